The third kappa shape index (κ3) is 3.44. The van der Waals surface area contributed by atoms with Gasteiger partial charge in [0.25, 0.3) is 0 Å². The molecule has 2 rings (SSSR count). The zero-order chi connectivity index (χ0) is 11.4. The van der Waals surface area contributed by atoms with Crippen molar-refractivity contribution >= 4 is 0 Å². The molecule has 2 aliphatic rings. The van der Waals surface area contributed by atoms with Crippen molar-refractivity contribution in [1.29, 1.82) is 0 Å². The van der Waals surface area contributed by atoms with Crippen molar-refractivity contribution in [3.05, 3.63) is 0 Å². The van der Waals surface area contributed by atoms with Gasteiger partial charge >= 0.3 is 0 Å². The normalized spacial score (nSPS) is 30.8. The molecule has 2 N–H and O–H groups in total. The van der Waals surface area contributed by atoms with E-state index >= 15 is 0 Å². The van der Waals surface area contributed by atoms with Crippen LogP contribution in [0.2, 0.25) is 0 Å². The minimum absolute atomic E-state index is 0.463. The molecular formula is C13H27N3. The molecule has 16 heavy (non-hydrogen) atoms. The first-order chi connectivity index (χ1) is 7.75. The summed E-state index contributed by atoms with van der Waals surface area (Å²) in [6.45, 7) is 8.63. The summed E-state index contributed by atoms with van der Waals surface area (Å²) in [4.78, 5) is 5.25. The summed E-state index contributed by atoms with van der Waals surface area (Å²) in [5, 5.41) is 0. The molecule has 0 aliphatic carbocycles. The van der Waals surface area contributed by atoms with Crippen LogP contribution in [0.4, 0.5) is 0 Å². The van der Waals surface area contributed by atoms with Crippen LogP contribution in [-0.2, 0) is 0 Å². The summed E-state index contributed by atoms with van der Waals surface area (Å²) in [6, 6.07) is 1.27. The maximum absolute atomic E-state index is 5.92. The molecular weight excluding hydrogens is 198 g/mol. The molecule has 2 fully saturated rings. The van der Waals surface area contributed by atoms with Crippen LogP contribution in [-0.4, -0.2) is 54.6 Å². The van der Waals surface area contributed by atoms with E-state index in [-0.39, 0.29) is 0 Å². The lowest BCUT2D eigenvalue weighted by molar-refractivity contribution is 0.124. The number of nitrogens with two attached hydrogens (primary N) is 1. The van der Waals surface area contributed by atoms with E-state index in [0.29, 0.717) is 6.04 Å². The second kappa shape index (κ2) is 5.99. The van der Waals surface area contributed by atoms with Crippen LogP contribution in [0.15, 0.2) is 0 Å². The topological polar surface area (TPSA) is 32.5 Å². The summed E-state index contributed by atoms with van der Waals surface area (Å²) in [5.74, 6) is 0. The van der Waals surface area contributed by atoms with Crippen molar-refractivity contribution in [2.24, 2.45) is 5.73 Å². The van der Waals surface area contributed by atoms with E-state index in [9.17, 15) is 0 Å². The number of rotatable bonds is 3. The average Bonchev–Trinajstić information content (AvgIpc) is 2.30. The molecule has 2 aliphatic heterocycles. The Morgan fingerprint density at radius 1 is 1.00 bits per heavy atom. The van der Waals surface area contributed by atoms with E-state index in [1.165, 1.54) is 64.8 Å². The summed E-state index contributed by atoms with van der Waals surface area (Å²) in [7, 11) is 0. The van der Waals surface area contributed by atoms with E-state index in [1.807, 2.05) is 0 Å². The summed E-state index contributed by atoms with van der Waals surface area (Å²) < 4.78 is 0. The molecule has 0 aromatic rings. The zero-order valence-electron chi connectivity index (χ0n) is 10.7. The first kappa shape index (κ1) is 12.3. The maximum atomic E-state index is 5.92. The lowest BCUT2D eigenvalue weighted by Gasteiger charge is -2.36. The average molecular weight is 225 g/mol. The molecule has 0 amide bonds. The van der Waals surface area contributed by atoms with Crippen LogP contribution in [0.25, 0.3) is 0 Å². The van der Waals surface area contributed by atoms with Gasteiger partial charge in [-0.05, 0) is 52.2 Å². The predicted octanol–water partition coefficient (Wildman–Crippen LogP) is 1.28. The number of hydrogen-bond donors (Lipinski definition) is 1. The number of likely N-dealkylation sites (tertiary alicyclic amines) is 2. The van der Waals surface area contributed by atoms with Crippen molar-refractivity contribution in [2.45, 2.75) is 51.1 Å². The molecule has 0 saturated carbocycles. The fourth-order valence-corrected chi connectivity index (χ4v) is 2.94. The fraction of sp³-hybridized carbons (Fsp3) is 1.00. The molecule has 0 spiro atoms. The van der Waals surface area contributed by atoms with Crippen molar-refractivity contribution in [2.75, 3.05) is 32.7 Å². The molecule has 0 bridgehead atoms. The van der Waals surface area contributed by atoms with Crippen LogP contribution in [0, 0.1) is 0 Å². The van der Waals surface area contributed by atoms with Crippen LogP contribution in [0.3, 0.4) is 0 Å². The molecule has 0 radical (unpaired) electrons. The number of hydrogen-bond acceptors (Lipinski definition) is 3. The van der Waals surface area contributed by atoms with Crippen LogP contribution < -0.4 is 5.73 Å². The van der Waals surface area contributed by atoms with E-state index in [2.05, 4.69) is 16.7 Å². The highest BCUT2D eigenvalue weighted by atomic mass is 15.2. The van der Waals surface area contributed by atoms with Crippen molar-refractivity contribution in [3.8, 4) is 0 Å². The Hall–Kier alpha value is -0.120. The van der Waals surface area contributed by atoms with Gasteiger partial charge in [-0.3, -0.25) is 4.90 Å². The van der Waals surface area contributed by atoms with Crippen LogP contribution in [0.1, 0.15) is 39.0 Å². The van der Waals surface area contributed by atoms with Gasteiger partial charge in [-0.15, -0.1) is 0 Å². The predicted molar refractivity (Wildman–Crippen MR) is 68.5 cm³/mol. The molecule has 2 saturated heterocycles. The monoisotopic (exact) mass is 225 g/mol. The van der Waals surface area contributed by atoms with Crippen molar-refractivity contribution < 1.29 is 0 Å². The smallest absolute Gasteiger partial charge is 0.0112 e. The second-order valence-corrected chi connectivity index (χ2v) is 5.56. The van der Waals surface area contributed by atoms with Gasteiger partial charge in [0.2, 0.25) is 0 Å². The Labute approximate surface area is 100.0 Å². The third-order valence-electron chi connectivity index (χ3n) is 4.28. The highest BCUT2D eigenvalue weighted by Crippen LogP contribution is 2.16. The molecule has 2 heterocycles. The largest absolute Gasteiger partial charge is 0.328 e. The Kier molecular flexibility index (Phi) is 4.62. The number of nitrogens with zero attached hydrogens (tertiary/aromatic N) is 2. The van der Waals surface area contributed by atoms with Gasteiger partial charge in [-0.1, -0.05) is 6.42 Å². The summed E-state index contributed by atoms with van der Waals surface area (Å²) in [5.41, 5.74) is 5.92. The zero-order valence-corrected chi connectivity index (χ0v) is 10.7. The molecule has 94 valence electrons. The number of piperidine rings is 2. The first-order valence-corrected chi connectivity index (χ1v) is 6.97. The lowest BCUT2D eigenvalue weighted by atomic mass is 10.0. The molecule has 1 atom stereocenters. The minimum atomic E-state index is 0.463. The highest BCUT2D eigenvalue weighted by Gasteiger charge is 2.20. The SMILES string of the molecule is CC1CCCCN1CCN1CCC(N)CC1. The maximum Gasteiger partial charge on any atom is 0.0112 e. The van der Waals surface area contributed by atoms with Gasteiger partial charge in [0.05, 0.1) is 0 Å². The Morgan fingerprint density at radius 3 is 2.44 bits per heavy atom. The quantitative estimate of drug-likeness (QED) is 0.785. The molecule has 3 heteroatoms. The molecule has 0 aromatic carbocycles. The molecule has 0 aromatic heterocycles. The molecule has 3 nitrogen and oxygen atoms in total. The second-order valence-electron chi connectivity index (χ2n) is 5.56. The van der Waals surface area contributed by atoms with Crippen molar-refractivity contribution in [3.63, 3.8) is 0 Å². The van der Waals surface area contributed by atoms with E-state index in [0.717, 1.165) is 6.04 Å². The van der Waals surface area contributed by atoms with Crippen molar-refractivity contribution in [1.82, 2.24) is 9.80 Å². The van der Waals surface area contributed by atoms with Gasteiger partial charge in [0.15, 0.2) is 0 Å². The Morgan fingerprint density at radius 2 is 1.75 bits per heavy atom. The van der Waals surface area contributed by atoms with Gasteiger partial charge < -0.3 is 10.6 Å². The fourth-order valence-electron chi connectivity index (χ4n) is 2.94. The van der Waals surface area contributed by atoms with Gasteiger partial charge in [-0.2, -0.15) is 0 Å². The van der Waals surface area contributed by atoms with E-state index < -0.39 is 0 Å². The van der Waals surface area contributed by atoms with Gasteiger partial charge in [0, 0.05) is 25.2 Å². The van der Waals surface area contributed by atoms with Crippen LogP contribution >= 0.6 is 0 Å². The van der Waals surface area contributed by atoms with Gasteiger partial charge in [0.1, 0.15) is 0 Å². The highest BCUT2D eigenvalue weighted by molar-refractivity contribution is 4.77. The Bertz CT molecular complexity index is 199. The summed E-state index contributed by atoms with van der Waals surface area (Å²) in [6.07, 6.45) is 6.60. The van der Waals surface area contributed by atoms with Crippen LogP contribution in [0.5, 0.6) is 0 Å². The summed E-state index contributed by atoms with van der Waals surface area (Å²) >= 11 is 0. The minimum Gasteiger partial charge on any atom is -0.328 e. The van der Waals surface area contributed by atoms with Gasteiger partial charge in [-0.25, -0.2) is 0 Å². The third-order valence-corrected chi connectivity index (χ3v) is 4.28. The standard InChI is InChI=1S/C13H27N3/c1-12-4-2-3-7-16(12)11-10-15-8-5-13(14)6-9-15/h12-13H,2-11,14H2,1H3. The first-order valence-electron chi connectivity index (χ1n) is 6.97. The Balaban J connectivity index is 1.66. The van der Waals surface area contributed by atoms with E-state index in [1.54, 1.807) is 0 Å². The lowest BCUT2D eigenvalue weighted by Crippen LogP contribution is -2.46. The van der Waals surface area contributed by atoms with E-state index in [4.69, 9.17) is 5.73 Å². The molecule has 1 unspecified atom stereocenters.